The number of rotatable bonds is 4. The number of aliphatic hydroxyl groups is 1. The van der Waals surface area contributed by atoms with E-state index in [1.807, 2.05) is 0 Å². The van der Waals surface area contributed by atoms with Crippen LogP contribution in [-0.2, 0) is 17.7 Å². The second kappa shape index (κ2) is 5.65. The average molecular weight is 270 g/mol. The standard InChI is InChI=1S/C13H22N2O2S/c1-4-12-14-10(8-18-12)5-15-6-11(7-16)17-13(2,3)9-15/h8,11,16H,4-7,9H2,1-3H3. The number of hydrogen-bond acceptors (Lipinski definition) is 5. The molecule has 0 saturated carbocycles. The quantitative estimate of drug-likeness (QED) is 0.904. The summed E-state index contributed by atoms with van der Waals surface area (Å²) in [6.07, 6.45) is 0.913. The lowest BCUT2D eigenvalue weighted by Gasteiger charge is -2.42. The Balaban J connectivity index is 1.99. The molecule has 2 rings (SSSR count). The lowest BCUT2D eigenvalue weighted by atomic mass is 10.1. The second-order valence-electron chi connectivity index (χ2n) is 5.44. The van der Waals surface area contributed by atoms with Gasteiger partial charge in [0.2, 0.25) is 0 Å². The van der Waals surface area contributed by atoms with Crippen LogP contribution < -0.4 is 0 Å². The molecule has 0 spiro atoms. The molecule has 102 valence electrons. The molecule has 1 aromatic heterocycles. The van der Waals surface area contributed by atoms with E-state index in [0.29, 0.717) is 0 Å². The van der Waals surface area contributed by atoms with Crippen molar-refractivity contribution in [1.29, 1.82) is 0 Å². The van der Waals surface area contributed by atoms with Gasteiger partial charge in [0.15, 0.2) is 0 Å². The van der Waals surface area contributed by atoms with Crippen LogP contribution in [0.15, 0.2) is 5.38 Å². The van der Waals surface area contributed by atoms with Crippen LogP contribution in [0.5, 0.6) is 0 Å². The Morgan fingerprint density at radius 1 is 1.61 bits per heavy atom. The van der Waals surface area contributed by atoms with Crippen molar-refractivity contribution in [1.82, 2.24) is 9.88 Å². The largest absolute Gasteiger partial charge is 0.394 e. The van der Waals surface area contributed by atoms with Crippen molar-refractivity contribution in [3.8, 4) is 0 Å². The average Bonchev–Trinajstić information content (AvgIpc) is 2.74. The fourth-order valence-corrected chi connectivity index (χ4v) is 3.18. The van der Waals surface area contributed by atoms with Crippen molar-refractivity contribution in [2.45, 2.75) is 45.4 Å². The Labute approximate surface area is 113 Å². The van der Waals surface area contributed by atoms with Gasteiger partial charge < -0.3 is 9.84 Å². The van der Waals surface area contributed by atoms with E-state index in [-0.39, 0.29) is 18.3 Å². The molecule has 1 aromatic rings. The number of morpholine rings is 1. The topological polar surface area (TPSA) is 45.6 Å². The zero-order chi connectivity index (χ0) is 13.2. The lowest BCUT2D eigenvalue weighted by Crippen LogP contribution is -2.53. The fourth-order valence-electron chi connectivity index (χ4n) is 2.45. The molecule has 1 aliphatic rings. The van der Waals surface area contributed by atoms with Crippen LogP contribution >= 0.6 is 11.3 Å². The lowest BCUT2D eigenvalue weighted by molar-refractivity contribution is -0.150. The molecule has 0 aliphatic carbocycles. The molecule has 1 N–H and O–H groups in total. The first-order chi connectivity index (χ1) is 8.52. The summed E-state index contributed by atoms with van der Waals surface area (Å²) in [5.41, 5.74) is 0.932. The molecule has 5 heteroatoms. The van der Waals surface area contributed by atoms with E-state index in [0.717, 1.165) is 31.7 Å². The van der Waals surface area contributed by atoms with E-state index in [4.69, 9.17) is 4.74 Å². The number of ether oxygens (including phenoxy) is 1. The summed E-state index contributed by atoms with van der Waals surface area (Å²) in [5.74, 6) is 0. The zero-order valence-corrected chi connectivity index (χ0v) is 12.2. The minimum Gasteiger partial charge on any atom is -0.394 e. The van der Waals surface area contributed by atoms with Crippen molar-refractivity contribution in [3.63, 3.8) is 0 Å². The number of nitrogens with zero attached hydrogens (tertiary/aromatic N) is 2. The van der Waals surface area contributed by atoms with Gasteiger partial charge in [0.25, 0.3) is 0 Å². The second-order valence-corrected chi connectivity index (χ2v) is 6.38. The molecular formula is C13H22N2O2S. The zero-order valence-electron chi connectivity index (χ0n) is 11.3. The monoisotopic (exact) mass is 270 g/mol. The van der Waals surface area contributed by atoms with Gasteiger partial charge in [-0.25, -0.2) is 4.98 Å². The van der Waals surface area contributed by atoms with Gasteiger partial charge >= 0.3 is 0 Å². The van der Waals surface area contributed by atoms with Crippen LogP contribution in [0.4, 0.5) is 0 Å². The summed E-state index contributed by atoms with van der Waals surface area (Å²) in [6, 6.07) is 0. The summed E-state index contributed by atoms with van der Waals surface area (Å²) in [6.45, 7) is 8.85. The van der Waals surface area contributed by atoms with E-state index in [1.54, 1.807) is 11.3 Å². The molecule has 0 bridgehead atoms. The molecule has 1 atom stereocenters. The van der Waals surface area contributed by atoms with Crippen molar-refractivity contribution >= 4 is 11.3 Å². The Morgan fingerprint density at radius 2 is 2.39 bits per heavy atom. The summed E-state index contributed by atoms with van der Waals surface area (Å²) >= 11 is 1.73. The predicted octanol–water partition coefficient (Wildman–Crippen LogP) is 1.68. The van der Waals surface area contributed by atoms with Crippen LogP contribution in [-0.4, -0.2) is 46.4 Å². The minimum atomic E-state index is -0.199. The molecule has 4 nitrogen and oxygen atoms in total. The van der Waals surface area contributed by atoms with Gasteiger partial charge in [-0.15, -0.1) is 11.3 Å². The first-order valence-corrected chi connectivity index (χ1v) is 7.34. The highest BCUT2D eigenvalue weighted by Crippen LogP contribution is 2.22. The van der Waals surface area contributed by atoms with Crippen LogP contribution in [0.25, 0.3) is 0 Å². The van der Waals surface area contributed by atoms with Gasteiger partial charge in [-0.05, 0) is 20.3 Å². The molecule has 0 radical (unpaired) electrons. The van der Waals surface area contributed by atoms with Gasteiger partial charge in [-0.2, -0.15) is 0 Å². The maximum absolute atomic E-state index is 9.28. The van der Waals surface area contributed by atoms with Gasteiger partial charge in [0.1, 0.15) is 0 Å². The van der Waals surface area contributed by atoms with Crippen LogP contribution in [0.1, 0.15) is 31.5 Å². The fraction of sp³-hybridized carbons (Fsp3) is 0.769. The molecule has 0 aromatic carbocycles. The third-order valence-electron chi connectivity index (χ3n) is 3.04. The maximum atomic E-state index is 9.28. The van der Waals surface area contributed by atoms with Crippen LogP contribution in [0, 0.1) is 0 Å². The van der Waals surface area contributed by atoms with Crippen molar-refractivity contribution in [2.24, 2.45) is 0 Å². The van der Waals surface area contributed by atoms with Crippen LogP contribution in [0.2, 0.25) is 0 Å². The molecule has 18 heavy (non-hydrogen) atoms. The first kappa shape index (κ1) is 13.9. The van der Waals surface area contributed by atoms with E-state index in [2.05, 4.69) is 36.0 Å². The summed E-state index contributed by atoms with van der Waals surface area (Å²) < 4.78 is 5.81. The third kappa shape index (κ3) is 3.51. The highest BCUT2D eigenvalue weighted by molar-refractivity contribution is 7.09. The number of aromatic nitrogens is 1. The predicted molar refractivity (Wildman–Crippen MR) is 72.8 cm³/mol. The molecule has 2 heterocycles. The summed E-state index contributed by atoms with van der Waals surface area (Å²) in [7, 11) is 0. The van der Waals surface area contributed by atoms with Crippen molar-refractivity contribution in [3.05, 3.63) is 16.1 Å². The highest BCUT2D eigenvalue weighted by Gasteiger charge is 2.33. The van der Waals surface area contributed by atoms with Gasteiger partial charge in [-0.3, -0.25) is 4.90 Å². The van der Waals surface area contributed by atoms with E-state index in [9.17, 15) is 5.11 Å². The molecule has 1 aliphatic heterocycles. The minimum absolute atomic E-state index is 0.0806. The molecule has 0 amide bonds. The number of thiazole rings is 1. The SMILES string of the molecule is CCc1nc(CN2CC(CO)OC(C)(C)C2)cs1. The molecule has 1 unspecified atom stereocenters. The molecule has 1 saturated heterocycles. The van der Waals surface area contributed by atoms with Gasteiger partial charge in [-0.1, -0.05) is 6.92 Å². The maximum Gasteiger partial charge on any atom is 0.0940 e. The molecular weight excluding hydrogens is 248 g/mol. The number of aryl methyl sites for hydroxylation is 1. The summed E-state index contributed by atoms with van der Waals surface area (Å²) in [5, 5.41) is 12.6. The van der Waals surface area contributed by atoms with Gasteiger partial charge in [0, 0.05) is 25.0 Å². The third-order valence-corrected chi connectivity index (χ3v) is 4.08. The van der Waals surface area contributed by atoms with E-state index >= 15 is 0 Å². The van der Waals surface area contributed by atoms with Crippen molar-refractivity contribution < 1.29 is 9.84 Å². The normalized spacial score (nSPS) is 24.3. The number of aliphatic hydroxyl groups excluding tert-OH is 1. The molecule has 1 fully saturated rings. The Morgan fingerprint density at radius 3 is 3.00 bits per heavy atom. The Bertz CT molecular complexity index is 392. The van der Waals surface area contributed by atoms with Gasteiger partial charge in [0.05, 0.1) is 29.0 Å². The van der Waals surface area contributed by atoms with Crippen molar-refractivity contribution in [2.75, 3.05) is 19.7 Å². The van der Waals surface area contributed by atoms with E-state index in [1.165, 1.54) is 5.01 Å². The Kier molecular flexibility index (Phi) is 4.37. The van der Waals surface area contributed by atoms with E-state index < -0.39 is 0 Å². The first-order valence-electron chi connectivity index (χ1n) is 6.46. The Hall–Kier alpha value is -0.490. The van der Waals surface area contributed by atoms with Crippen LogP contribution in [0.3, 0.4) is 0 Å². The smallest absolute Gasteiger partial charge is 0.0940 e. The number of hydrogen-bond donors (Lipinski definition) is 1. The summed E-state index contributed by atoms with van der Waals surface area (Å²) in [4.78, 5) is 6.91. The highest BCUT2D eigenvalue weighted by atomic mass is 32.1.